The van der Waals surface area contributed by atoms with Crippen LogP contribution in [0, 0.1) is 5.82 Å². The molecule has 3 rings (SSSR count). The van der Waals surface area contributed by atoms with Crippen molar-refractivity contribution >= 4 is 29.7 Å². The van der Waals surface area contributed by atoms with Crippen molar-refractivity contribution in [1.82, 2.24) is 0 Å². The Kier molecular flexibility index (Phi) is 4.81. The van der Waals surface area contributed by atoms with Crippen molar-refractivity contribution in [3.8, 4) is 0 Å². The SMILES string of the molecule is Cl.O=C(Nc1ccc2c(c1)NCCC2)c1ccccc1F. The molecule has 0 spiro atoms. The molecule has 3 nitrogen and oxygen atoms in total. The molecular formula is C16H16ClFN2O. The average Bonchev–Trinajstić information content (AvgIpc) is 2.47. The van der Waals surface area contributed by atoms with E-state index < -0.39 is 11.7 Å². The largest absolute Gasteiger partial charge is 0.385 e. The van der Waals surface area contributed by atoms with Crippen LogP contribution in [0.1, 0.15) is 22.3 Å². The molecular weight excluding hydrogens is 291 g/mol. The predicted molar refractivity (Wildman–Crippen MR) is 84.9 cm³/mol. The van der Waals surface area contributed by atoms with Gasteiger partial charge in [0.25, 0.3) is 5.91 Å². The Hall–Kier alpha value is -2.07. The van der Waals surface area contributed by atoms with Gasteiger partial charge in [-0.25, -0.2) is 4.39 Å². The third-order valence-corrected chi connectivity index (χ3v) is 3.42. The predicted octanol–water partition coefficient (Wildman–Crippen LogP) is 3.86. The van der Waals surface area contributed by atoms with Crippen molar-refractivity contribution in [1.29, 1.82) is 0 Å². The molecule has 1 aliphatic rings. The lowest BCUT2D eigenvalue weighted by atomic mass is 10.0. The second-order valence-electron chi connectivity index (χ2n) is 4.84. The Labute approximate surface area is 129 Å². The van der Waals surface area contributed by atoms with Crippen molar-refractivity contribution in [3.63, 3.8) is 0 Å². The van der Waals surface area contributed by atoms with Crippen molar-refractivity contribution in [2.45, 2.75) is 12.8 Å². The normalized spacial score (nSPS) is 12.6. The molecule has 2 aromatic carbocycles. The fraction of sp³-hybridized carbons (Fsp3) is 0.188. The van der Waals surface area contributed by atoms with Crippen molar-refractivity contribution < 1.29 is 9.18 Å². The lowest BCUT2D eigenvalue weighted by molar-refractivity contribution is 0.102. The maximum atomic E-state index is 13.5. The van der Waals surface area contributed by atoms with Gasteiger partial charge in [-0.3, -0.25) is 4.79 Å². The van der Waals surface area contributed by atoms with Gasteiger partial charge < -0.3 is 10.6 Å². The van der Waals surface area contributed by atoms with Crippen LogP contribution >= 0.6 is 12.4 Å². The number of aryl methyl sites for hydroxylation is 1. The first-order valence-corrected chi connectivity index (χ1v) is 6.67. The summed E-state index contributed by atoms with van der Waals surface area (Å²) in [6.45, 7) is 0.942. The number of halogens is 2. The molecule has 1 amide bonds. The quantitative estimate of drug-likeness (QED) is 0.884. The summed E-state index contributed by atoms with van der Waals surface area (Å²) in [5, 5.41) is 6.03. The van der Waals surface area contributed by atoms with E-state index in [1.54, 1.807) is 12.1 Å². The first-order valence-electron chi connectivity index (χ1n) is 6.67. The van der Waals surface area contributed by atoms with E-state index in [-0.39, 0.29) is 18.0 Å². The Morgan fingerprint density at radius 2 is 2.00 bits per heavy atom. The molecule has 21 heavy (non-hydrogen) atoms. The number of benzene rings is 2. The van der Waals surface area contributed by atoms with E-state index in [2.05, 4.69) is 10.6 Å². The number of carbonyl (C=O) groups is 1. The average molecular weight is 307 g/mol. The lowest BCUT2D eigenvalue weighted by Crippen LogP contribution is -2.15. The molecule has 2 N–H and O–H groups in total. The van der Waals surface area contributed by atoms with Gasteiger partial charge in [-0.2, -0.15) is 0 Å². The zero-order chi connectivity index (χ0) is 13.9. The summed E-state index contributed by atoms with van der Waals surface area (Å²) < 4.78 is 13.5. The zero-order valence-electron chi connectivity index (χ0n) is 11.4. The second kappa shape index (κ2) is 6.59. The monoisotopic (exact) mass is 306 g/mol. The van der Waals surface area contributed by atoms with Crippen LogP contribution < -0.4 is 10.6 Å². The number of amides is 1. The van der Waals surface area contributed by atoms with Crippen LogP contribution in [0.2, 0.25) is 0 Å². The van der Waals surface area contributed by atoms with Crippen LogP contribution in [0.3, 0.4) is 0 Å². The highest BCUT2D eigenvalue weighted by Gasteiger charge is 2.13. The number of nitrogens with one attached hydrogen (secondary N) is 2. The van der Waals surface area contributed by atoms with E-state index in [9.17, 15) is 9.18 Å². The molecule has 0 bridgehead atoms. The van der Waals surface area contributed by atoms with Gasteiger partial charge >= 0.3 is 0 Å². The zero-order valence-corrected chi connectivity index (χ0v) is 12.2. The molecule has 5 heteroatoms. The van der Waals surface area contributed by atoms with E-state index in [1.165, 1.54) is 17.7 Å². The van der Waals surface area contributed by atoms with E-state index in [1.807, 2.05) is 18.2 Å². The van der Waals surface area contributed by atoms with Crippen LogP contribution in [-0.4, -0.2) is 12.5 Å². The molecule has 0 saturated carbocycles. The first kappa shape index (κ1) is 15.3. The molecule has 0 unspecified atom stereocenters. The summed E-state index contributed by atoms with van der Waals surface area (Å²) in [7, 11) is 0. The Balaban J connectivity index is 0.00000161. The molecule has 0 saturated heterocycles. The fourth-order valence-corrected chi connectivity index (χ4v) is 2.38. The summed E-state index contributed by atoms with van der Waals surface area (Å²) in [5.74, 6) is -0.944. The van der Waals surface area contributed by atoms with Gasteiger partial charge in [-0.15, -0.1) is 12.4 Å². The molecule has 0 radical (unpaired) electrons. The van der Waals surface area contributed by atoms with Crippen molar-refractivity contribution in [2.24, 2.45) is 0 Å². The van der Waals surface area contributed by atoms with E-state index in [0.29, 0.717) is 5.69 Å². The van der Waals surface area contributed by atoms with Crippen LogP contribution in [0.15, 0.2) is 42.5 Å². The highest BCUT2D eigenvalue weighted by Crippen LogP contribution is 2.25. The van der Waals surface area contributed by atoms with Gasteiger partial charge in [0.15, 0.2) is 0 Å². The van der Waals surface area contributed by atoms with Gasteiger partial charge in [0.2, 0.25) is 0 Å². The summed E-state index contributed by atoms with van der Waals surface area (Å²) in [6.07, 6.45) is 2.16. The third-order valence-electron chi connectivity index (χ3n) is 3.42. The summed E-state index contributed by atoms with van der Waals surface area (Å²) in [6, 6.07) is 11.7. The minimum absolute atomic E-state index is 0. The van der Waals surface area contributed by atoms with Gasteiger partial charge in [-0.05, 0) is 42.7 Å². The van der Waals surface area contributed by atoms with E-state index >= 15 is 0 Å². The highest BCUT2D eigenvalue weighted by molar-refractivity contribution is 6.04. The van der Waals surface area contributed by atoms with Gasteiger partial charge in [0.1, 0.15) is 5.82 Å². The van der Waals surface area contributed by atoms with Crippen LogP contribution in [0.25, 0.3) is 0 Å². The number of hydrogen-bond donors (Lipinski definition) is 2. The maximum Gasteiger partial charge on any atom is 0.258 e. The molecule has 1 heterocycles. The Morgan fingerprint density at radius 1 is 1.19 bits per heavy atom. The van der Waals surface area contributed by atoms with Crippen molar-refractivity contribution in [2.75, 3.05) is 17.2 Å². The Morgan fingerprint density at radius 3 is 2.81 bits per heavy atom. The summed E-state index contributed by atoms with van der Waals surface area (Å²) >= 11 is 0. The third kappa shape index (κ3) is 3.34. The number of rotatable bonds is 2. The van der Waals surface area contributed by atoms with Gasteiger partial charge in [0.05, 0.1) is 5.56 Å². The molecule has 0 fully saturated rings. The maximum absolute atomic E-state index is 13.5. The molecule has 0 aliphatic carbocycles. The van der Waals surface area contributed by atoms with E-state index in [0.717, 1.165) is 25.1 Å². The van der Waals surface area contributed by atoms with E-state index in [4.69, 9.17) is 0 Å². The number of hydrogen-bond acceptors (Lipinski definition) is 2. The first-order chi connectivity index (χ1) is 9.74. The summed E-state index contributed by atoms with van der Waals surface area (Å²) in [5.41, 5.74) is 3.02. The molecule has 0 aromatic heterocycles. The topological polar surface area (TPSA) is 41.1 Å². The lowest BCUT2D eigenvalue weighted by Gasteiger charge is -2.18. The number of anilines is 2. The highest BCUT2D eigenvalue weighted by atomic mass is 35.5. The standard InChI is InChI=1S/C16H15FN2O.ClH/c17-14-6-2-1-5-13(14)16(20)19-12-8-7-11-4-3-9-18-15(11)10-12;/h1-2,5-8,10,18H,3-4,9H2,(H,19,20);1H. The Bertz CT molecular complexity index is 660. The minimum atomic E-state index is -0.513. The molecule has 2 aromatic rings. The number of carbonyl (C=O) groups excluding carboxylic acids is 1. The molecule has 0 atom stereocenters. The molecule has 110 valence electrons. The van der Waals surface area contributed by atoms with Crippen LogP contribution in [-0.2, 0) is 6.42 Å². The molecule has 1 aliphatic heterocycles. The van der Waals surface area contributed by atoms with Gasteiger partial charge in [-0.1, -0.05) is 18.2 Å². The minimum Gasteiger partial charge on any atom is -0.385 e. The number of fused-ring (bicyclic) bond motifs is 1. The second-order valence-corrected chi connectivity index (χ2v) is 4.84. The summed E-state index contributed by atoms with van der Waals surface area (Å²) in [4.78, 5) is 12.0. The smallest absolute Gasteiger partial charge is 0.258 e. The fourth-order valence-electron chi connectivity index (χ4n) is 2.38. The van der Waals surface area contributed by atoms with Crippen LogP contribution in [0.5, 0.6) is 0 Å². The van der Waals surface area contributed by atoms with Crippen molar-refractivity contribution in [3.05, 3.63) is 59.4 Å². The van der Waals surface area contributed by atoms with Crippen LogP contribution in [0.4, 0.5) is 15.8 Å². The van der Waals surface area contributed by atoms with Gasteiger partial charge in [0, 0.05) is 17.9 Å².